The Morgan fingerprint density at radius 2 is 2.05 bits per heavy atom. The first-order chi connectivity index (χ1) is 9.31. The summed E-state index contributed by atoms with van der Waals surface area (Å²) in [7, 11) is 2.21. The fourth-order valence-electron chi connectivity index (χ4n) is 3.16. The molecule has 0 saturated carbocycles. The molecule has 19 heavy (non-hydrogen) atoms. The normalized spacial score (nSPS) is 24.9. The summed E-state index contributed by atoms with van der Waals surface area (Å²) in [6, 6.07) is 9.85. The quantitative estimate of drug-likeness (QED) is 0.892. The third-order valence-electron chi connectivity index (χ3n) is 4.42. The summed E-state index contributed by atoms with van der Waals surface area (Å²) in [5, 5.41) is 3.59. The predicted octanol–water partition coefficient (Wildman–Crippen LogP) is 1.73. The summed E-state index contributed by atoms with van der Waals surface area (Å²) in [6.45, 7) is 5.86. The summed E-state index contributed by atoms with van der Waals surface area (Å²) in [5.41, 5.74) is 2.89. The fourth-order valence-corrected chi connectivity index (χ4v) is 3.16. The molecular formula is C16H25N3. The van der Waals surface area contributed by atoms with Crippen molar-refractivity contribution >= 4 is 5.69 Å². The van der Waals surface area contributed by atoms with E-state index < -0.39 is 0 Å². The van der Waals surface area contributed by atoms with Crippen LogP contribution >= 0.6 is 0 Å². The first kappa shape index (κ1) is 12.9. The van der Waals surface area contributed by atoms with Crippen molar-refractivity contribution in [2.75, 3.05) is 44.7 Å². The Balaban J connectivity index is 1.65. The summed E-state index contributed by atoms with van der Waals surface area (Å²) in [5.74, 6) is 0. The van der Waals surface area contributed by atoms with Gasteiger partial charge in [-0.05, 0) is 50.6 Å². The average Bonchev–Trinajstić information content (AvgIpc) is 2.93. The van der Waals surface area contributed by atoms with Gasteiger partial charge in [0.25, 0.3) is 0 Å². The van der Waals surface area contributed by atoms with Crippen molar-refractivity contribution in [1.82, 2.24) is 10.2 Å². The van der Waals surface area contributed by atoms with E-state index in [1.54, 1.807) is 0 Å². The number of rotatable bonds is 3. The van der Waals surface area contributed by atoms with Gasteiger partial charge < -0.3 is 15.1 Å². The molecule has 0 amide bonds. The maximum Gasteiger partial charge on any atom is 0.0369 e. The molecule has 3 rings (SSSR count). The standard InChI is InChI=1S/C16H25N3/c1-18-8-10-19(11-9-18)16-6-2-4-14(13-16)12-15-5-3-7-17-15/h2,4,6,13,15,17H,3,5,7-12H2,1H3. The first-order valence-corrected chi connectivity index (χ1v) is 7.57. The average molecular weight is 259 g/mol. The minimum absolute atomic E-state index is 0.697. The van der Waals surface area contributed by atoms with Gasteiger partial charge in [-0.15, -0.1) is 0 Å². The van der Waals surface area contributed by atoms with Crippen LogP contribution in [0.1, 0.15) is 18.4 Å². The van der Waals surface area contributed by atoms with Crippen LogP contribution in [0.5, 0.6) is 0 Å². The third-order valence-corrected chi connectivity index (χ3v) is 4.42. The van der Waals surface area contributed by atoms with Crippen LogP contribution in [0, 0.1) is 0 Å². The molecule has 104 valence electrons. The smallest absolute Gasteiger partial charge is 0.0369 e. The Morgan fingerprint density at radius 1 is 1.21 bits per heavy atom. The molecule has 1 aromatic rings. The Bertz CT molecular complexity index is 404. The Kier molecular flexibility index (Phi) is 4.04. The Labute approximate surface area is 116 Å². The minimum Gasteiger partial charge on any atom is -0.369 e. The highest BCUT2D eigenvalue weighted by Gasteiger charge is 2.17. The van der Waals surface area contributed by atoms with Crippen molar-refractivity contribution in [3.05, 3.63) is 29.8 Å². The number of anilines is 1. The number of likely N-dealkylation sites (N-methyl/N-ethyl adjacent to an activating group) is 1. The number of nitrogens with one attached hydrogen (secondary N) is 1. The van der Waals surface area contributed by atoms with Gasteiger partial charge in [-0.25, -0.2) is 0 Å². The highest BCUT2D eigenvalue weighted by Crippen LogP contribution is 2.20. The minimum atomic E-state index is 0.697. The van der Waals surface area contributed by atoms with Crippen LogP contribution in [0.4, 0.5) is 5.69 Å². The lowest BCUT2D eigenvalue weighted by Crippen LogP contribution is -2.44. The predicted molar refractivity (Wildman–Crippen MR) is 80.9 cm³/mol. The second-order valence-corrected chi connectivity index (χ2v) is 5.96. The molecule has 2 saturated heterocycles. The van der Waals surface area contributed by atoms with Gasteiger partial charge in [-0.3, -0.25) is 0 Å². The molecule has 0 bridgehead atoms. The van der Waals surface area contributed by atoms with Gasteiger partial charge in [0, 0.05) is 37.9 Å². The van der Waals surface area contributed by atoms with Crippen molar-refractivity contribution in [2.45, 2.75) is 25.3 Å². The van der Waals surface area contributed by atoms with Crippen LogP contribution in [0.2, 0.25) is 0 Å². The highest BCUT2D eigenvalue weighted by molar-refractivity contribution is 5.49. The molecular weight excluding hydrogens is 234 g/mol. The van der Waals surface area contributed by atoms with Gasteiger partial charge in [0.2, 0.25) is 0 Å². The fraction of sp³-hybridized carbons (Fsp3) is 0.625. The third kappa shape index (κ3) is 3.28. The van der Waals surface area contributed by atoms with Crippen molar-refractivity contribution in [3.63, 3.8) is 0 Å². The van der Waals surface area contributed by atoms with Crippen molar-refractivity contribution in [3.8, 4) is 0 Å². The van der Waals surface area contributed by atoms with E-state index in [4.69, 9.17) is 0 Å². The second-order valence-electron chi connectivity index (χ2n) is 5.96. The second kappa shape index (κ2) is 5.93. The molecule has 3 nitrogen and oxygen atoms in total. The Hall–Kier alpha value is -1.06. The van der Waals surface area contributed by atoms with E-state index in [1.165, 1.54) is 50.1 Å². The molecule has 1 unspecified atom stereocenters. The molecule has 1 atom stereocenters. The van der Waals surface area contributed by atoms with Gasteiger partial charge >= 0.3 is 0 Å². The molecule has 1 N–H and O–H groups in total. The summed E-state index contributed by atoms with van der Waals surface area (Å²) in [6.07, 6.45) is 3.85. The molecule has 2 aliphatic heterocycles. The molecule has 2 heterocycles. The lowest BCUT2D eigenvalue weighted by Gasteiger charge is -2.34. The first-order valence-electron chi connectivity index (χ1n) is 7.57. The van der Waals surface area contributed by atoms with Crippen LogP contribution in [0.25, 0.3) is 0 Å². The van der Waals surface area contributed by atoms with E-state index in [9.17, 15) is 0 Å². The molecule has 0 aromatic heterocycles. The number of hydrogen-bond donors (Lipinski definition) is 1. The molecule has 0 radical (unpaired) electrons. The zero-order chi connectivity index (χ0) is 13.1. The van der Waals surface area contributed by atoms with Crippen molar-refractivity contribution < 1.29 is 0 Å². The van der Waals surface area contributed by atoms with Crippen molar-refractivity contribution in [2.24, 2.45) is 0 Å². The summed E-state index contributed by atoms with van der Waals surface area (Å²) >= 11 is 0. The topological polar surface area (TPSA) is 18.5 Å². The van der Waals surface area contributed by atoms with Gasteiger partial charge in [0.05, 0.1) is 0 Å². The van der Waals surface area contributed by atoms with E-state index in [2.05, 4.69) is 46.4 Å². The molecule has 1 aromatic carbocycles. The van der Waals surface area contributed by atoms with Crippen LogP contribution in [0.15, 0.2) is 24.3 Å². The van der Waals surface area contributed by atoms with Gasteiger partial charge in [0.15, 0.2) is 0 Å². The summed E-state index contributed by atoms with van der Waals surface area (Å²) < 4.78 is 0. The number of benzene rings is 1. The van der Waals surface area contributed by atoms with Gasteiger partial charge in [0.1, 0.15) is 0 Å². The van der Waals surface area contributed by atoms with E-state index >= 15 is 0 Å². The number of piperazine rings is 1. The Morgan fingerprint density at radius 3 is 2.79 bits per heavy atom. The lowest BCUT2D eigenvalue weighted by atomic mass is 10.0. The maximum atomic E-state index is 3.59. The molecule has 2 aliphatic rings. The van der Waals surface area contributed by atoms with Crippen LogP contribution in [-0.4, -0.2) is 50.7 Å². The zero-order valence-electron chi connectivity index (χ0n) is 11.9. The largest absolute Gasteiger partial charge is 0.369 e. The van der Waals surface area contributed by atoms with Crippen molar-refractivity contribution in [1.29, 1.82) is 0 Å². The van der Waals surface area contributed by atoms with Crippen LogP contribution < -0.4 is 10.2 Å². The molecule has 0 spiro atoms. The van der Waals surface area contributed by atoms with Gasteiger partial charge in [-0.1, -0.05) is 12.1 Å². The van der Waals surface area contributed by atoms with E-state index in [0.717, 1.165) is 13.1 Å². The van der Waals surface area contributed by atoms with E-state index in [-0.39, 0.29) is 0 Å². The van der Waals surface area contributed by atoms with Crippen LogP contribution in [0.3, 0.4) is 0 Å². The highest BCUT2D eigenvalue weighted by atomic mass is 15.2. The number of hydrogen-bond acceptors (Lipinski definition) is 3. The molecule has 0 aliphatic carbocycles. The van der Waals surface area contributed by atoms with Gasteiger partial charge in [-0.2, -0.15) is 0 Å². The zero-order valence-corrected chi connectivity index (χ0v) is 11.9. The molecule has 3 heteroatoms. The monoisotopic (exact) mass is 259 g/mol. The summed E-state index contributed by atoms with van der Waals surface area (Å²) in [4.78, 5) is 4.92. The maximum absolute atomic E-state index is 3.59. The SMILES string of the molecule is CN1CCN(c2cccc(CC3CCCN3)c2)CC1. The number of nitrogens with zero attached hydrogens (tertiary/aromatic N) is 2. The van der Waals surface area contributed by atoms with Crippen LogP contribution in [-0.2, 0) is 6.42 Å². The van der Waals surface area contributed by atoms with E-state index in [0.29, 0.717) is 6.04 Å². The molecule has 2 fully saturated rings. The van der Waals surface area contributed by atoms with E-state index in [1.807, 2.05) is 0 Å². The lowest BCUT2D eigenvalue weighted by molar-refractivity contribution is 0.313.